The Labute approximate surface area is 180 Å². The van der Waals surface area contributed by atoms with E-state index in [0.717, 1.165) is 35.3 Å². The van der Waals surface area contributed by atoms with E-state index in [0.29, 0.717) is 23.9 Å². The Kier molecular flexibility index (Phi) is 5.16. The molecule has 0 spiro atoms. The zero-order chi connectivity index (χ0) is 21.2. The molecule has 31 heavy (non-hydrogen) atoms. The first kappa shape index (κ1) is 19.4. The van der Waals surface area contributed by atoms with Gasteiger partial charge in [0.15, 0.2) is 17.1 Å². The van der Waals surface area contributed by atoms with Crippen LogP contribution in [0.5, 0.6) is 5.75 Å². The normalized spacial score (nSPS) is 14.2. The number of amides is 1. The van der Waals surface area contributed by atoms with Gasteiger partial charge in [0.25, 0.3) is 5.91 Å². The van der Waals surface area contributed by atoms with Crippen LogP contribution in [0.3, 0.4) is 0 Å². The lowest BCUT2D eigenvalue weighted by Gasteiger charge is -2.13. The highest BCUT2D eigenvalue weighted by atomic mass is 16.5. The summed E-state index contributed by atoms with van der Waals surface area (Å²) in [4.78, 5) is 17.2. The number of nitrogens with zero attached hydrogens (tertiary/aromatic N) is 3. The molecule has 0 atom stereocenters. The third-order valence-corrected chi connectivity index (χ3v) is 5.77. The van der Waals surface area contributed by atoms with Crippen LogP contribution in [0.2, 0.25) is 0 Å². The number of methoxy groups -OCH3 is 1. The largest absolute Gasteiger partial charge is 0.493 e. The number of pyridine rings is 1. The van der Waals surface area contributed by atoms with E-state index in [1.807, 2.05) is 42.5 Å². The van der Waals surface area contributed by atoms with Crippen molar-refractivity contribution in [1.82, 2.24) is 20.1 Å². The van der Waals surface area contributed by atoms with E-state index in [9.17, 15) is 4.79 Å². The van der Waals surface area contributed by atoms with Gasteiger partial charge in [0.1, 0.15) is 0 Å². The Balaban J connectivity index is 1.37. The van der Waals surface area contributed by atoms with Gasteiger partial charge in [-0.2, -0.15) is 5.10 Å². The van der Waals surface area contributed by atoms with Crippen molar-refractivity contribution in [3.8, 4) is 17.1 Å². The first-order valence-corrected chi connectivity index (χ1v) is 10.6. The monoisotopic (exact) mass is 416 g/mol. The number of nitrogens with one attached hydrogen (secondary N) is 1. The number of rotatable bonds is 6. The van der Waals surface area contributed by atoms with Gasteiger partial charge in [-0.05, 0) is 43.2 Å². The van der Waals surface area contributed by atoms with Crippen LogP contribution >= 0.6 is 0 Å². The SMILES string of the molecule is COc1cccc2cc(C(=O)NCc3cc(-c4ccccn4)n(C4CCCC4)n3)oc12. The van der Waals surface area contributed by atoms with Crippen molar-refractivity contribution in [2.75, 3.05) is 7.11 Å². The molecule has 1 aliphatic rings. The molecule has 0 unspecified atom stereocenters. The number of furan rings is 1. The maximum atomic E-state index is 12.7. The van der Waals surface area contributed by atoms with Crippen molar-refractivity contribution in [1.29, 1.82) is 0 Å². The molecule has 0 bridgehead atoms. The summed E-state index contributed by atoms with van der Waals surface area (Å²) in [5.41, 5.74) is 3.25. The maximum Gasteiger partial charge on any atom is 0.287 e. The molecule has 1 N–H and O–H groups in total. The van der Waals surface area contributed by atoms with Gasteiger partial charge in [-0.3, -0.25) is 14.5 Å². The van der Waals surface area contributed by atoms with E-state index in [-0.39, 0.29) is 11.7 Å². The molecule has 1 fully saturated rings. The van der Waals surface area contributed by atoms with Gasteiger partial charge in [0.05, 0.1) is 36.8 Å². The Morgan fingerprint density at radius 3 is 2.84 bits per heavy atom. The van der Waals surface area contributed by atoms with Crippen molar-refractivity contribution >= 4 is 16.9 Å². The first-order chi connectivity index (χ1) is 15.2. The molecule has 0 saturated heterocycles. The lowest BCUT2D eigenvalue weighted by molar-refractivity contribution is 0.0924. The fourth-order valence-corrected chi connectivity index (χ4v) is 4.23. The fraction of sp³-hybridized carbons (Fsp3) is 0.292. The van der Waals surface area contributed by atoms with Crippen LogP contribution in [-0.4, -0.2) is 27.8 Å². The van der Waals surface area contributed by atoms with Crippen molar-refractivity contribution in [3.05, 3.63) is 66.2 Å². The molecule has 0 aliphatic heterocycles. The summed E-state index contributed by atoms with van der Waals surface area (Å²) in [5.74, 6) is 0.569. The van der Waals surface area contributed by atoms with Crippen LogP contribution in [0.4, 0.5) is 0 Å². The highest BCUT2D eigenvalue weighted by molar-refractivity contribution is 5.97. The predicted octanol–water partition coefficient (Wildman–Crippen LogP) is 4.75. The first-order valence-electron chi connectivity index (χ1n) is 10.6. The average molecular weight is 416 g/mol. The zero-order valence-electron chi connectivity index (χ0n) is 17.4. The molecular formula is C24H24N4O3. The number of para-hydroxylation sites is 1. The third kappa shape index (κ3) is 3.79. The summed E-state index contributed by atoms with van der Waals surface area (Å²) >= 11 is 0. The Bertz CT molecular complexity index is 1210. The van der Waals surface area contributed by atoms with Gasteiger partial charge >= 0.3 is 0 Å². The molecule has 5 rings (SSSR count). The van der Waals surface area contributed by atoms with Crippen molar-refractivity contribution in [2.45, 2.75) is 38.3 Å². The van der Waals surface area contributed by atoms with Crippen LogP contribution in [0.15, 0.2) is 59.1 Å². The van der Waals surface area contributed by atoms with Gasteiger partial charge in [0.2, 0.25) is 0 Å². The highest BCUT2D eigenvalue weighted by Crippen LogP contribution is 2.33. The molecule has 3 heterocycles. The number of aromatic nitrogens is 3. The summed E-state index contributed by atoms with van der Waals surface area (Å²) < 4.78 is 13.1. The number of hydrogen-bond donors (Lipinski definition) is 1. The number of hydrogen-bond acceptors (Lipinski definition) is 5. The molecule has 1 aliphatic carbocycles. The van der Waals surface area contributed by atoms with Gasteiger partial charge in [-0.1, -0.05) is 31.0 Å². The molecule has 3 aromatic heterocycles. The van der Waals surface area contributed by atoms with E-state index < -0.39 is 0 Å². The smallest absolute Gasteiger partial charge is 0.287 e. The highest BCUT2D eigenvalue weighted by Gasteiger charge is 2.23. The van der Waals surface area contributed by atoms with E-state index >= 15 is 0 Å². The predicted molar refractivity (Wildman–Crippen MR) is 117 cm³/mol. The number of ether oxygens (including phenoxy) is 1. The number of fused-ring (bicyclic) bond motifs is 1. The van der Waals surface area contributed by atoms with Crippen LogP contribution in [0, 0.1) is 0 Å². The minimum absolute atomic E-state index is 0.250. The van der Waals surface area contributed by atoms with Crippen molar-refractivity contribution in [3.63, 3.8) is 0 Å². The molecular weight excluding hydrogens is 392 g/mol. The standard InChI is InChI=1S/C24H24N4O3/c1-30-21-11-6-7-16-13-22(31-23(16)21)24(29)26-15-17-14-20(19-10-4-5-12-25-19)28(27-17)18-8-2-3-9-18/h4-7,10-14,18H,2-3,8-9,15H2,1H3,(H,26,29). The van der Waals surface area contributed by atoms with Gasteiger partial charge in [-0.15, -0.1) is 0 Å². The Morgan fingerprint density at radius 2 is 2.06 bits per heavy atom. The van der Waals surface area contributed by atoms with Gasteiger partial charge in [0, 0.05) is 11.6 Å². The second-order valence-electron chi connectivity index (χ2n) is 7.79. The second-order valence-corrected chi connectivity index (χ2v) is 7.79. The zero-order valence-corrected chi connectivity index (χ0v) is 17.4. The quantitative estimate of drug-likeness (QED) is 0.491. The van der Waals surface area contributed by atoms with E-state index in [4.69, 9.17) is 14.3 Å². The molecule has 158 valence electrons. The molecule has 7 nitrogen and oxygen atoms in total. The van der Waals surface area contributed by atoms with E-state index in [2.05, 4.69) is 15.0 Å². The average Bonchev–Trinajstić information content (AvgIpc) is 3.56. The fourth-order valence-electron chi connectivity index (χ4n) is 4.23. The van der Waals surface area contributed by atoms with E-state index in [1.54, 1.807) is 19.4 Å². The van der Waals surface area contributed by atoms with Gasteiger partial charge in [-0.25, -0.2) is 0 Å². The van der Waals surface area contributed by atoms with Crippen LogP contribution in [0.25, 0.3) is 22.4 Å². The van der Waals surface area contributed by atoms with Crippen LogP contribution in [-0.2, 0) is 6.54 Å². The summed E-state index contributed by atoms with van der Waals surface area (Å²) in [7, 11) is 1.58. The molecule has 4 aromatic rings. The van der Waals surface area contributed by atoms with Crippen molar-refractivity contribution < 1.29 is 13.9 Å². The summed E-state index contributed by atoms with van der Waals surface area (Å²) in [6, 6.07) is 15.6. The van der Waals surface area contributed by atoms with Crippen LogP contribution in [0.1, 0.15) is 48.0 Å². The number of carbonyl (C=O) groups is 1. The minimum Gasteiger partial charge on any atom is -0.493 e. The Morgan fingerprint density at radius 1 is 1.19 bits per heavy atom. The lowest BCUT2D eigenvalue weighted by Crippen LogP contribution is -2.22. The van der Waals surface area contributed by atoms with E-state index in [1.165, 1.54) is 12.8 Å². The van der Waals surface area contributed by atoms with Crippen LogP contribution < -0.4 is 10.1 Å². The molecule has 7 heteroatoms. The third-order valence-electron chi connectivity index (χ3n) is 5.77. The molecule has 1 saturated carbocycles. The topological polar surface area (TPSA) is 82.2 Å². The van der Waals surface area contributed by atoms with Crippen molar-refractivity contribution in [2.24, 2.45) is 0 Å². The number of benzene rings is 1. The van der Waals surface area contributed by atoms with Gasteiger partial charge < -0.3 is 14.5 Å². The summed E-state index contributed by atoms with van der Waals surface area (Å²) in [6.45, 7) is 0.312. The summed E-state index contributed by atoms with van der Waals surface area (Å²) in [6.07, 6.45) is 6.46. The maximum absolute atomic E-state index is 12.7. The summed E-state index contributed by atoms with van der Waals surface area (Å²) in [5, 5.41) is 8.57. The number of carbonyl (C=O) groups excluding carboxylic acids is 1. The molecule has 0 radical (unpaired) electrons. The molecule has 1 aromatic carbocycles. The Hall–Kier alpha value is -3.61. The second kappa shape index (κ2) is 8.26. The minimum atomic E-state index is -0.284. The molecule has 1 amide bonds. The lowest BCUT2D eigenvalue weighted by atomic mass is 10.2.